The van der Waals surface area contributed by atoms with Crippen molar-refractivity contribution >= 4 is 78.7 Å². The first-order valence-electron chi connectivity index (χ1n) is 7.17. The summed E-state index contributed by atoms with van der Waals surface area (Å²) in [4.78, 5) is 0.298. The number of halogens is 3. The summed E-state index contributed by atoms with van der Waals surface area (Å²) in [7, 11) is -3.20. The van der Waals surface area contributed by atoms with Gasteiger partial charge in [0, 0.05) is 40.4 Å². The molecule has 0 spiro atoms. The molecule has 0 bridgehead atoms. The number of hydrogen-bond acceptors (Lipinski definition) is 3. The van der Waals surface area contributed by atoms with Crippen molar-refractivity contribution in [1.29, 1.82) is 0 Å². The quantitative estimate of drug-likeness (QED) is 0.413. The van der Waals surface area contributed by atoms with E-state index in [4.69, 9.17) is 23.4 Å². The first-order chi connectivity index (χ1) is 11.3. The van der Waals surface area contributed by atoms with Gasteiger partial charge in [-0.2, -0.15) is 0 Å². The van der Waals surface area contributed by atoms with Crippen LogP contribution in [-0.2, 0) is 22.7 Å². The van der Waals surface area contributed by atoms with Crippen LogP contribution in [0.5, 0.6) is 0 Å². The van der Waals surface area contributed by atoms with Crippen LogP contribution in [0.2, 0.25) is 0 Å². The van der Waals surface area contributed by atoms with E-state index in [1.165, 1.54) is 6.26 Å². The molecular formula is C17H16BrCl2NO2SSn. The zero-order chi connectivity index (χ0) is 17.5. The molecule has 8 heteroatoms. The van der Waals surface area contributed by atoms with E-state index < -0.39 is 9.84 Å². The normalized spacial score (nSPS) is 14.2. The van der Waals surface area contributed by atoms with Gasteiger partial charge < -0.3 is 0 Å². The van der Waals surface area contributed by atoms with Crippen molar-refractivity contribution in [3.05, 3.63) is 68.8 Å². The van der Waals surface area contributed by atoms with E-state index >= 15 is 0 Å². The van der Waals surface area contributed by atoms with Gasteiger partial charge in [0.25, 0.3) is 0 Å². The minimum absolute atomic E-state index is 0. The third-order valence-corrected chi connectivity index (χ3v) is 6.52. The van der Waals surface area contributed by atoms with Gasteiger partial charge in [-0.3, -0.25) is 4.42 Å². The number of nitrogens with zero attached hydrogens (tertiary/aromatic N) is 1. The van der Waals surface area contributed by atoms with E-state index in [-0.39, 0.29) is 23.9 Å². The SMILES string of the molecule is CS(=O)(=O)c1ccc(CC2=C(Cl)Cc3c(Br)cccc3N2Cl)cc1.[SnH2]. The Labute approximate surface area is 183 Å². The Morgan fingerprint density at radius 1 is 1.16 bits per heavy atom. The fraction of sp³-hybridized carbons (Fsp3) is 0.176. The van der Waals surface area contributed by atoms with E-state index in [0.717, 1.165) is 27.0 Å². The first kappa shape index (κ1) is 21.1. The molecule has 0 N–H and O–H groups in total. The van der Waals surface area contributed by atoms with Crippen LogP contribution in [0.3, 0.4) is 0 Å². The Bertz CT molecular complexity index is 930. The molecule has 0 saturated heterocycles. The maximum atomic E-state index is 11.5. The molecule has 1 aliphatic heterocycles. The Morgan fingerprint density at radius 2 is 1.80 bits per heavy atom. The second-order valence-electron chi connectivity index (χ2n) is 5.64. The molecule has 132 valence electrons. The maximum absolute atomic E-state index is 11.5. The van der Waals surface area contributed by atoms with Crippen LogP contribution < -0.4 is 4.42 Å². The van der Waals surface area contributed by atoms with Crippen molar-refractivity contribution < 1.29 is 8.42 Å². The average molecular weight is 568 g/mol. The van der Waals surface area contributed by atoms with E-state index in [0.29, 0.717) is 22.8 Å². The first-order valence-corrected chi connectivity index (χ1v) is 10.6. The zero-order valence-corrected chi connectivity index (χ0v) is 21.4. The molecule has 3 nitrogen and oxygen atoms in total. The van der Waals surface area contributed by atoms with Gasteiger partial charge in [0.15, 0.2) is 9.84 Å². The van der Waals surface area contributed by atoms with Crippen LogP contribution in [0.4, 0.5) is 5.69 Å². The molecule has 0 fully saturated rings. The Balaban J connectivity index is 0.00000225. The Hall–Kier alpha value is -0.211. The molecule has 0 aliphatic carbocycles. The number of anilines is 1. The predicted octanol–water partition coefficient (Wildman–Crippen LogP) is 4.15. The van der Waals surface area contributed by atoms with Crippen molar-refractivity contribution in [2.45, 2.75) is 17.7 Å². The molecule has 25 heavy (non-hydrogen) atoms. The summed E-state index contributed by atoms with van der Waals surface area (Å²) in [5.74, 6) is 0. The topological polar surface area (TPSA) is 37.4 Å². The third-order valence-electron chi connectivity index (χ3n) is 3.91. The monoisotopic (exact) mass is 567 g/mol. The van der Waals surface area contributed by atoms with Gasteiger partial charge in [-0.1, -0.05) is 45.7 Å². The summed E-state index contributed by atoms with van der Waals surface area (Å²) < 4.78 is 25.6. The number of allylic oxidation sites excluding steroid dienone is 2. The summed E-state index contributed by atoms with van der Waals surface area (Å²) in [6, 6.07) is 12.6. The number of benzene rings is 2. The van der Waals surface area contributed by atoms with Crippen LogP contribution in [0.15, 0.2) is 62.6 Å². The molecule has 0 aromatic heterocycles. The van der Waals surface area contributed by atoms with Crippen molar-refractivity contribution in [3.63, 3.8) is 0 Å². The Kier molecular flexibility index (Phi) is 6.93. The minimum atomic E-state index is -3.20. The van der Waals surface area contributed by atoms with Crippen molar-refractivity contribution in [1.82, 2.24) is 0 Å². The second-order valence-corrected chi connectivity index (χ2v) is 9.30. The second kappa shape index (κ2) is 8.21. The standard InChI is InChI=1S/C17H14BrCl2NO2S.Sn.2H/c1-24(22,23)12-7-5-11(6-8-12)9-17-15(19)10-13-14(18)3-2-4-16(13)21(17)20;;;/h2-8H,9-10H2,1H3;;;. The van der Waals surface area contributed by atoms with Crippen LogP contribution in [0.1, 0.15) is 11.1 Å². The van der Waals surface area contributed by atoms with Crippen molar-refractivity contribution in [2.75, 3.05) is 10.7 Å². The summed E-state index contributed by atoms with van der Waals surface area (Å²) in [5, 5.41) is 0.677. The molecule has 1 heterocycles. The fourth-order valence-electron chi connectivity index (χ4n) is 2.63. The van der Waals surface area contributed by atoms with Gasteiger partial charge in [0.05, 0.1) is 16.3 Å². The summed E-state index contributed by atoms with van der Waals surface area (Å²) in [6.45, 7) is 0. The average Bonchev–Trinajstić information content (AvgIpc) is 2.52. The number of hydrogen-bond donors (Lipinski definition) is 0. The van der Waals surface area contributed by atoms with Gasteiger partial charge in [-0.25, -0.2) is 8.42 Å². The number of sulfone groups is 1. The van der Waals surface area contributed by atoms with Gasteiger partial charge in [-0.15, -0.1) is 0 Å². The van der Waals surface area contributed by atoms with E-state index in [1.807, 2.05) is 18.2 Å². The van der Waals surface area contributed by atoms with E-state index in [2.05, 4.69) is 15.9 Å². The van der Waals surface area contributed by atoms with Crippen LogP contribution in [0, 0.1) is 0 Å². The number of fused-ring (bicyclic) bond motifs is 1. The summed E-state index contributed by atoms with van der Waals surface area (Å²) >= 11 is 16.5. The molecule has 2 aromatic carbocycles. The van der Waals surface area contributed by atoms with E-state index in [9.17, 15) is 8.42 Å². The van der Waals surface area contributed by atoms with E-state index in [1.54, 1.807) is 28.7 Å². The van der Waals surface area contributed by atoms with Gasteiger partial charge >= 0.3 is 23.9 Å². The van der Waals surface area contributed by atoms with Gasteiger partial charge in [-0.05, 0) is 35.4 Å². The number of rotatable bonds is 3. The molecule has 1 aliphatic rings. The summed E-state index contributed by atoms with van der Waals surface area (Å²) in [6.07, 6.45) is 2.33. The van der Waals surface area contributed by atoms with Crippen molar-refractivity contribution in [2.24, 2.45) is 0 Å². The van der Waals surface area contributed by atoms with Crippen LogP contribution in [0.25, 0.3) is 0 Å². The Morgan fingerprint density at radius 3 is 2.40 bits per heavy atom. The summed E-state index contributed by atoms with van der Waals surface area (Å²) in [5.41, 5.74) is 3.70. The predicted molar refractivity (Wildman–Crippen MR) is 111 cm³/mol. The van der Waals surface area contributed by atoms with Crippen LogP contribution >= 0.6 is 39.3 Å². The molecule has 3 rings (SSSR count). The zero-order valence-electron chi connectivity index (χ0n) is 13.5. The molecule has 2 radical (unpaired) electrons. The molecule has 0 amide bonds. The third kappa shape index (κ3) is 4.56. The van der Waals surface area contributed by atoms with Gasteiger partial charge in [0.2, 0.25) is 0 Å². The molecular weight excluding hydrogens is 552 g/mol. The fourth-order valence-corrected chi connectivity index (χ4v) is 4.40. The molecule has 0 atom stereocenters. The van der Waals surface area contributed by atoms with Crippen LogP contribution in [-0.4, -0.2) is 38.6 Å². The molecule has 2 aromatic rings. The van der Waals surface area contributed by atoms with Gasteiger partial charge in [0.1, 0.15) is 0 Å². The molecule has 0 unspecified atom stereocenters. The molecule has 0 saturated carbocycles. The van der Waals surface area contributed by atoms with Crippen molar-refractivity contribution in [3.8, 4) is 0 Å².